The summed E-state index contributed by atoms with van der Waals surface area (Å²) in [5.41, 5.74) is -2.11. The van der Waals surface area contributed by atoms with E-state index in [1.54, 1.807) is 0 Å². The lowest BCUT2D eigenvalue weighted by molar-refractivity contribution is -0.0329. The molecular formula is C15H22F3NOS. The molecule has 21 heavy (non-hydrogen) atoms. The molecule has 0 bridgehead atoms. The molecule has 0 saturated carbocycles. The van der Waals surface area contributed by atoms with Crippen molar-refractivity contribution < 1.29 is 17.9 Å². The van der Waals surface area contributed by atoms with E-state index in [2.05, 4.69) is 12.2 Å². The highest BCUT2D eigenvalue weighted by Crippen LogP contribution is 2.31. The van der Waals surface area contributed by atoms with Crippen molar-refractivity contribution in [2.75, 3.05) is 18.9 Å². The minimum Gasteiger partial charge on any atom is -0.492 e. The highest BCUT2D eigenvalue weighted by molar-refractivity contribution is 8.00. The molecule has 0 heterocycles. The first-order valence-corrected chi connectivity index (χ1v) is 7.99. The van der Waals surface area contributed by atoms with E-state index in [-0.39, 0.29) is 30.2 Å². The Bertz CT molecular complexity index is 437. The maximum atomic E-state index is 12.1. The zero-order valence-corrected chi connectivity index (χ0v) is 13.4. The largest absolute Gasteiger partial charge is 0.492 e. The van der Waals surface area contributed by atoms with Gasteiger partial charge in [-0.15, -0.1) is 0 Å². The van der Waals surface area contributed by atoms with E-state index >= 15 is 0 Å². The van der Waals surface area contributed by atoms with Crippen LogP contribution in [0.25, 0.3) is 0 Å². The van der Waals surface area contributed by atoms with Crippen LogP contribution in [-0.4, -0.2) is 24.4 Å². The Morgan fingerprint density at radius 1 is 1.33 bits per heavy atom. The van der Waals surface area contributed by atoms with Gasteiger partial charge in [0.2, 0.25) is 0 Å². The molecule has 0 aliphatic carbocycles. The van der Waals surface area contributed by atoms with Crippen LogP contribution in [0.3, 0.4) is 0 Å². The number of ether oxygens (including phenoxy) is 1. The first kappa shape index (κ1) is 18.2. The van der Waals surface area contributed by atoms with Gasteiger partial charge in [-0.25, -0.2) is 0 Å². The van der Waals surface area contributed by atoms with Gasteiger partial charge in [0, 0.05) is 17.4 Å². The summed E-state index contributed by atoms with van der Waals surface area (Å²) in [4.78, 5) is 0. The Morgan fingerprint density at radius 3 is 2.67 bits per heavy atom. The van der Waals surface area contributed by atoms with Gasteiger partial charge in [0.05, 0.1) is 6.61 Å². The maximum absolute atomic E-state index is 12.1. The van der Waals surface area contributed by atoms with Crippen LogP contribution >= 0.6 is 11.8 Å². The van der Waals surface area contributed by atoms with Gasteiger partial charge in [-0.1, -0.05) is 24.6 Å². The average molecular weight is 321 g/mol. The fourth-order valence-electron chi connectivity index (χ4n) is 1.92. The van der Waals surface area contributed by atoms with Gasteiger partial charge in [0.15, 0.2) is 0 Å². The summed E-state index contributed by atoms with van der Waals surface area (Å²) in [5, 5.41) is 3.37. The summed E-state index contributed by atoms with van der Waals surface area (Å²) in [7, 11) is 0. The Hall–Kier alpha value is -0.880. The number of hydrogen-bond donors (Lipinski definition) is 1. The van der Waals surface area contributed by atoms with Gasteiger partial charge in [-0.3, -0.25) is 0 Å². The number of hydrogen-bond acceptors (Lipinski definition) is 3. The van der Waals surface area contributed by atoms with Crippen molar-refractivity contribution in [1.29, 1.82) is 0 Å². The standard InChI is InChI=1S/C15H22F3NOS/c1-4-7-19-12(3)13-10-11(2)5-6-14(13)20-8-9-21-15(16,17)18/h5-6,10,12,19H,4,7-9H2,1-3H3. The van der Waals surface area contributed by atoms with Crippen LogP contribution in [-0.2, 0) is 0 Å². The number of benzene rings is 1. The van der Waals surface area contributed by atoms with Crippen molar-refractivity contribution in [3.05, 3.63) is 29.3 Å². The van der Waals surface area contributed by atoms with Crippen LogP contribution in [0.1, 0.15) is 37.4 Å². The predicted molar refractivity (Wildman–Crippen MR) is 81.9 cm³/mol. The number of nitrogens with one attached hydrogen (secondary N) is 1. The second kappa shape index (κ2) is 8.54. The smallest absolute Gasteiger partial charge is 0.441 e. The fourth-order valence-corrected chi connectivity index (χ4v) is 2.32. The lowest BCUT2D eigenvalue weighted by Crippen LogP contribution is -2.20. The van der Waals surface area contributed by atoms with Gasteiger partial charge >= 0.3 is 5.51 Å². The van der Waals surface area contributed by atoms with E-state index in [0.29, 0.717) is 5.75 Å². The maximum Gasteiger partial charge on any atom is 0.441 e. The summed E-state index contributed by atoms with van der Waals surface area (Å²) in [6.45, 7) is 7.03. The quantitative estimate of drug-likeness (QED) is 0.702. The van der Waals surface area contributed by atoms with Crippen LogP contribution in [0.15, 0.2) is 18.2 Å². The molecule has 0 spiro atoms. The monoisotopic (exact) mass is 321 g/mol. The first-order chi connectivity index (χ1) is 9.83. The van der Waals surface area contributed by atoms with Gasteiger partial charge in [-0.2, -0.15) is 13.2 Å². The predicted octanol–water partition coefficient (Wildman–Crippen LogP) is 4.69. The van der Waals surface area contributed by atoms with Crippen molar-refractivity contribution >= 4 is 11.8 Å². The second-order valence-corrected chi connectivity index (χ2v) is 6.02. The third-order valence-corrected chi connectivity index (χ3v) is 3.64. The van der Waals surface area contributed by atoms with E-state index in [1.165, 1.54) is 0 Å². The fraction of sp³-hybridized carbons (Fsp3) is 0.600. The molecule has 6 heteroatoms. The summed E-state index contributed by atoms with van der Waals surface area (Å²) < 4.78 is 41.8. The van der Waals surface area contributed by atoms with Crippen molar-refractivity contribution in [3.8, 4) is 5.75 Å². The highest BCUT2D eigenvalue weighted by atomic mass is 32.2. The molecule has 0 amide bonds. The summed E-state index contributed by atoms with van der Waals surface area (Å²) >= 11 is -0.0565. The van der Waals surface area contributed by atoms with Crippen molar-refractivity contribution in [1.82, 2.24) is 5.32 Å². The molecule has 120 valence electrons. The highest BCUT2D eigenvalue weighted by Gasteiger charge is 2.27. The van der Waals surface area contributed by atoms with Gasteiger partial charge < -0.3 is 10.1 Å². The van der Waals surface area contributed by atoms with Gasteiger partial charge in [0.1, 0.15) is 5.75 Å². The normalized spacial score (nSPS) is 13.2. The molecule has 0 aliphatic heterocycles. The Balaban J connectivity index is 2.64. The molecule has 1 aromatic rings. The lowest BCUT2D eigenvalue weighted by Gasteiger charge is -2.19. The summed E-state index contributed by atoms with van der Waals surface area (Å²) in [6, 6.07) is 5.85. The van der Waals surface area contributed by atoms with Crippen LogP contribution in [0.4, 0.5) is 13.2 Å². The Kier molecular flexibility index (Phi) is 7.39. The number of aryl methyl sites for hydroxylation is 1. The lowest BCUT2D eigenvalue weighted by atomic mass is 10.0. The third-order valence-electron chi connectivity index (χ3n) is 2.94. The van der Waals surface area contributed by atoms with Gasteiger partial charge in [-0.05, 0) is 44.6 Å². The molecule has 1 unspecified atom stereocenters. The number of rotatable bonds is 8. The van der Waals surface area contributed by atoms with E-state index in [4.69, 9.17) is 4.74 Å². The van der Waals surface area contributed by atoms with Gasteiger partial charge in [0.25, 0.3) is 0 Å². The number of alkyl halides is 3. The zero-order valence-electron chi connectivity index (χ0n) is 12.6. The number of thioether (sulfide) groups is 1. The Morgan fingerprint density at radius 2 is 2.05 bits per heavy atom. The first-order valence-electron chi connectivity index (χ1n) is 7.01. The second-order valence-electron chi connectivity index (χ2n) is 4.86. The number of halogens is 3. The van der Waals surface area contributed by atoms with Crippen molar-refractivity contribution in [2.45, 2.75) is 38.7 Å². The van der Waals surface area contributed by atoms with Crippen molar-refractivity contribution in [3.63, 3.8) is 0 Å². The van der Waals surface area contributed by atoms with E-state index in [0.717, 1.165) is 24.1 Å². The van der Waals surface area contributed by atoms with E-state index in [9.17, 15) is 13.2 Å². The van der Waals surface area contributed by atoms with Crippen molar-refractivity contribution in [2.24, 2.45) is 0 Å². The molecule has 0 aliphatic rings. The molecular weight excluding hydrogens is 299 g/mol. The van der Waals surface area contributed by atoms with Crippen LogP contribution < -0.4 is 10.1 Å². The minimum atomic E-state index is -4.20. The average Bonchev–Trinajstić information content (AvgIpc) is 2.41. The zero-order chi connectivity index (χ0) is 15.9. The molecule has 0 saturated heterocycles. The minimum absolute atomic E-state index is 0.0424. The van der Waals surface area contributed by atoms with E-state index in [1.807, 2.05) is 32.0 Å². The molecule has 1 aromatic carbocycles. The molecule has 2 nitrogen and oxygen atoms in total. The molecule has 0 radical (unpaired) electrons. The summed E-state index contributed by atoms with van der Waals surface area (Å²) in [6.07, 6.45) is 1.02. The van der Waals surface area contributed by atoms with Crippen LogP contribution in [0.5, 0.6) is 5.75 Å². The molecule has 0 aromatic heterocycles. The third kappa shape index (κ3) is 7.09. The molecule has 1 atom stereocenters. The van der Waals surface area contributed by atoms with E-state index < -0.39 is 5.51 Å². The Labute approximate surface area is 128 Å². The molecule has 0 fully saturated rings. The SMILES string of the molecule is CCCNC(C)c1cc(C)ccc1OCCSC(F)(F)F. The topological polar surface area (TPSA) is 21.3 Å². The summed E-state index contributed by atoms with van der Waals surface area (Å²) in [5.74, 6) is 0.549. The molecule has 1 rings (SSSR count). The van der Waals surface area contributed by atoms with Crippen LogP contribution in [0.2, 0.25) is 0 Å². The van der Waals surface area contributed by atoms with Crippen LogP contribution in [0, 0.1) is 6.92 Å². The molecule has 1 N–H and O–H groups in total.